The predicted octanol–water partition coefficient (Wildman–Crippen LogP) is 4.43. The number of carbonyl (C=O) groups excluding carboxylic acids is 1. The number of hydrogen-bond acceptors (Lipinski definition) is 5. The summed E-state index contributed by atoms with van der Waals surface area (Å²) in [6.45, 7) is 2.03. The molecule has 1 aromatic heterocycles. The normalized spacial score (nSPS) is 11.7. The number of rotatable bonds is 10. The van der Waals surface area contributed by atoms with Crippen molar-refractivity contribution in [2.75, 3.05) is 14.2 Å². The summed E-state index contributed by atoms with van der Waals surface area (Å²) < 4.78 is 16.5. The minimum Gasteiger partial charge on any atom is -0.497 e. The van der Waals surface area contributed by atoms with Crippen molar-refractivity contribution in [2.45, 2.75) is 38.6 Å². The summed E-state index contributed by atoms with van der Waals surface area (Å²) in [6, 6.07) is 15.9. The van der Waals surface area contributed by atoms with Crippen molar-refractivity contribution in [3.8, 4) is 22.8 Å². The van der Waals surface area contributed by atoms with Gasteiger partial charge in [-0.05, 0) is 37.5 Å². The van der Waals surface area contributed by atoms with E-state index in [4.69, 9.17) is 13.9 Å². The largest absolute Gasteiger partial charge is 0.497 e. The number of aryl methyl sites for hydroxylation is 2. The molecule has 158 valence electrons. The minimum atomic E-state index is -0.00246. The van der Waals surface area contributed by atoms with Gasteiger partial charge in [-0.2, -0.15) is 0 Å². The highest BCUT2D eigenvalue weighted by Crippen LogP contribution is 2.33. The highest BCUT2D eigenvalue weighted by atomic mass is 16.5. The van der Waals surface area contributed by atoms with Crippen molar-refractivity contribution in [3.05, 3.63) is 66.2 Å². The SMILES string of the molecule is COc1ccc(-c2cnc(CCC(=O)NC(C)CCc3ccccc3)o2)c(OC)c1. The van der Waals surface area contributed by atoms with Crippen LogP contribution >= 0.6 is 0 Å². The monoisotopic (exact) mass is 408 g/mol. The van der Waals surface area contributed by atoms with E-state index < -0.39 is 0 Å². The molecule has 0 fully saturated rings. The number of methoxy groups -OCH3 is 2. The Bertz CT molecular complexity index is 953. The highest BCUT2D eigenvalue weighted by Gasteiger charge is 2.14. The van der Waals surface area contributed by atoms with Crippen LogP contribution in [0, 0.1) is 0 Å². The Kier molecular flexibility index (Phi) is 7.49. The third-order valence-corrected chi connectivity index (χ3v) is 4.91. The molecule has 1 atom stereocenters. The summed E-state index contributed by atoms with van der Waals surface area (Å²) >= 11 is 0. The third kappa shape index (κ3) is 5.86. The molecule has 1 heterocycles. The number of benzene rings is 2. The summed E-state index contributed by atoms with van der Waals surface area (Å²) in [4.78, 5) is 16.6. The molecule has 0 saturated carbocycles. The summed E-state index contributed by atoms with van der Waals surface area (Å²) in [6.07, 6.45) is 4.26. The van der Waals surface area contributed by atoms with Crippen molar-refractivity contribution in [2.24, 2.45) is 0 Å². The van der Waals surface area contributed by atoms with Crippen LogP contribution in [0.2, 0.25) is 0 Å². The molecule has 0 spiro atoms. The standard InChI is InChI=1S/C24H28N2O4/c1-17(9-10-18-7-5-4-6-8-18)26-23(27)13-14-24-25-16-22(30-24)20-12-11-19(28-2)15-21(20)29-3/h4-8,11-12,15-17H,9-10,13-14H2,1-3H3,(H,26,27). The van der Waals surface area contributed by atoms with Crippen molar-refractivity contribution >= 4 is 5.91 Å². The molecule has 6 nitrogen and oxygen atoms in total. The van der Waals surface area contributed by atoms with Crippen molar-refractivity contribution in [1.82, 2.24) is 10.3 Å². The number of carbonyl (C=O) groups is 1. The van der Waals surface area contributed by atoms with Gasteiger partial charge in [-0.3, -0.25) is 4.79 Å². The molecule has 0 aliphatic carbocycles. The fourth-order valence-corrected chi connectivity index (χ4v) is 3.22. The van der Waals surface area contributed by atoms with Crippen molar-refractivity contribution in [1.29, 1.82) is 0 Å². The van der Waals surface area contributed by atoms with E-state index >= 15 is 0 Å². The van der Waals surface area contributed by atoms with Gasteiger partial charge in [-0.25, -0.2) is 4.98 Å². The molecule has 0 aliphatic heterocycles. The summed E-state index contributed by atoms with van der Waals surface area (Å²) in [5.41, 5.74) is 2.07. The van der Waals surface area contributed by atoms with Crippen LogP contribution in [-0.2, 0) is 17.6 Å². The quantitative estimate of drug-likeness (QED) is 0.537. The van der Waals surface area contributed by atoms with Crippen LogP contribution in [-0.4, -0.2) is 31.2 Å². The maximum atomic E-state index is 12.3. The first-order chi connectivity index (χ1) is 14.6. The molecule has 3 rings (SSSR count). The molecule has 3 aromatic rings. The minimum absolute atomic E-state index is 0.00246. The molecule has 6 heteroatoms. The van der Waals surface area contributed by atoms with Gasteiger partial charge in [0.25, 0.3) is 0 Å². The molecule has 0 radical (unpaired) electrons. The second-order valence-electron chi connectivity index (χ2n) is 7.18. The van der Waals surface area contributed by atoms with E-state index in [1.54, 1.807) is 26.5 Å². The van der Waals surface area contributed by atoms with Crippen LogP contribution in [0.4, 0.5) is 0 Å². The third-order valence-electron chi connectivity index (χ3n) is 4.91. The molecular weight excluding hydrogens is 380 g/mol. The molecule has 0 bridgehead atoms. The lowest BCUT2D eigenvalue weighted by Crippen LogP contribution is -2.33. The topological polar surface area (TPSA) is 73.6 Å². The van der Waals surface area contributed by atoms with E-state index in [9.17, 15) is 4.79 Å². The van der Waals surface area contributed by atoms with Gasteiger partial charge in [-0.1, -0.05) is 30.3 Å². The van der Waals surface area contributed by atoms with Crippen LogP contribution in [0.1, 0.15) is 31.2 Å². The zero-order valence-electron chi connectivity index (χ0n) is 17.7. The van der Waals surface area contributed by atoms with Crippen LogP contribution in [0.3, 0.4) is 0 Å². The maximum Gasteiger partial charge on any atom is 0.220 e. The molecule has 0 saturated heterocycles. The van der Waals surface area contributed by atoms with E-state index in [1.165, 1.54) is 5.56 Å². The smallest absolute Gasteiger partial charge is 0.220 e. The molecular formula is C24H28N2O4. The lowest BCUT2D eigenvalue weighted by atomic mass is 10.1. The van der Waals surface area contributed by atoms with Crippen LogP contribution in [0.25, 0.3) is 11.3 Å². The number of aromatic nitrogens is 1. The number of nitrogens with one attached hydrogen (secondary N) is 1. The highest BCUT2D eigenvalue weighted by molar-refractivity contribution is 5.76. The fourth-order valence-electron chi connectivity index (χ4n) is 3.22. The Morgan fingerprint density at radius 1 is 1.10 bits per heavy atom. The van der Waals surface area contributed by atoms with Crippen LogP contribution in [0.15, 0.2) is 59.1 Å². The number of oxazole rings is 1. The molecule has 1 unspecified atom stereocenters. The fraction of sp³-hybridized carbons (Fsp3) is 0.333. The summed E-state index contributed by atoms with van der Waals surface area (Å²) in [5.74, 6) is 2.46. The Hall–Kier alpha value is -3.28. The lowest BCUT2D eigenvalue weighted by molar-refractivity contribution is -0.121. The number of amides is 1. The molecule has 0 aliphatic rings. The van der Waals surface area contributed by atoms with Gasteiger partial charge in [0.2, 0.25) is 5.91 Å². The van der Waals surface area contributed by atoms with Crippen LogP contribution < -0.4 is 14.8 Å². The number of hydrogen-bond donors (Lipinski definition) is 1. The Morgan fingerprint density at radius 3 is 2.63 bits per heavy atom. The summed E-state index contributed by atoms with van der Waals surface area (Å²) in [5, 5.41) is 3.05. The van der Waals surface area contributed by atoms with E-state index in [1.807, 2.05) is 37.3 Å². The van der Waals surface area contributed by atoms with E-state index in [0.717, 1.165) is 18.4 Å². The van der Waals surface area contributed by atoms with E-state index in [2.05, 4.69) is 22.4 Å². The molecule has 1 amide bonds. The Morgan fingerprint density at radius 2 is 1.90 bits per heavy atom. The maximum absolute atomic E-state index is 12.3. The Balaban J connectivity index is 1.49. The van der Waals surface area contributed by atoms with Gasteiger partial charge in [0.1, 0.15) is 11.5 Å². The first-order valence-corrected chi connectivity index (χ1v) is 10.1. The summed E-state index contributed by atoms with van der Waals surface area (Å²) in [7, 11) is 3.20. The van der Waals surface area contributed by atoms with Crippen molar-refractivity contribution < 1.29 is 18.7 Å². The molecule has 1 N–H and O–H groups in total. The molecule has 2 aromatic carbocycles. The first-order valence-electron chi connectivity index (χ1n) is 10.1. The van der Waals surface area contributed by atoms with Gasteiger partial charge in [0.05, 0.1) is 26.0 Å². The molecule has 30 heavy (non-hydrogen) atoms. The zero-order valence-corrected chi connectivity index (χ0v) is 17.7. The van der Waals surface area contributed by atoms with Crippen LogP contribution in [0.5, 0.6) is 11.5 Å². The van der Waals surface area contributed by atoms with E-state index in [-0.39, 0.29) is 11.9 Å². The Labute approximate surface area is 177 Å². The van der Waals surface area contributed by atoms with Gasteiger partial charge < -0.3 is 19.2 Å². The number of ether oxygens (including phenoxy) is 2. The van der Waals surface area contributed by atoms with Gasteiger partial charge in [0, 0.05) is 24.9 Å². The lowest BCUT2D eigenvalue weighted by Gasteiger charge is -2.13. The van der Waals surface area contributed by atoms with Crippen molar-refractivity contribution in [3.63, 3.8) is 0 Å². The second kappa shape index (κ2) is 10.5. The second-order valence-corrected chi connectivity index (χ2v) is 7.18. The number of nitrogens with zero attached hydrogens (tertiary/aromatic N) is 1. The zero-order chi connectivity index (χ0) is 21.3. The average Bonchev–Trinajstić information content (AvgIpc) is 3.25. The van der Waals surface area contributed by atoms with E-state index in [0.29, 0.717) is 36.0 Å². The van der Waals surface area contributed by atoms with Gasteiger partial charge in [0.15, 0.2) is 11.7 Å². The van der Waals surface area contributed by atoms with Gasteiger partial charge >= 0.3 is 0 Å². The predicted molar refractivity (Wildman–Crippen MR) is 116 cm³/mol. The first kappa shape index (κ1) is 21.4. The van der Waals surface area contributed by atoms with Gasteiger partial charge in [-0.15, -0.1) is 0 Å². The average molecular weight is 408 g/mol.